The fourth-order valence-corrected chi connectivity index (χ4v) is 3.29. The lowest BCUT2D eigenvalue weighted by molar-refractivity contribution is 0.140. The lowest BCUT2D eigenvalue weighted by Gasteiger charge is -2.36. The SMILES string of the molecule is Cc1cc(CNc2cc([C@H]3CCOC3)nc(N3CC(O)C3)n2)ccc1F. The standard InChI is InChI=1S/C19H23FN4O2/c1-12-6-13(2-3-16(12)20)8-21-18-7-17(14-4-5-26-11-14)22-19(23-18)24-9-15(25)10-24/h2-3,6-7,14-15,25H,4-5,8-11H2,1H3,(H,21,22,23)/t14-/m0/s1. The summed E-state index contributed by atoms with van der Waals surface area (Å²) in [7, 11) is 0. The summed E-state index contributed by atoms with van der Waals surface area (Å²) in [6.45, 7) is 4.86. The molecule has 0 saturated carbocycles. The Morgan fingerprint density at radius 2 is 2.15 bits per heavy atom. The first-order valence-electron chi connectivity index (χ1n) is 8.97. The molecule has 2 aliphatic rings. The van der Waals surface area contributed by atoms with Crippen LogP contribution in [0.5, 0.6) is 0 Å². The predicted octanol–water partition coefficient (Wildman–Crippen LogP) is 2.22. The number of hydrogen-bond donors (Lipinski definition) is 2. The van der Waals surface area contributed by atoms with Gasteiger partial charge in [0.15, 0.2) is 0 Å². The summed E-state index contributed by atoms with van der Waals surface area (Å²) in [5.74, 6) is 1.45. The van der Waals surface area contributed by atoms with Crippen LogP contribution in [-0.4, -0.2) is 47.5 Å². The summed E-state index contributed by atoms with van der Waals surface area (Å²) in [5, 5.41) is 12.9. The Bertz CT molecular complexity index is 789. The van der Waals surface area contributed by atoms with E-state index in [0.717, 1.165) is 30.1 Å². The molecule has 0 radical (unpaired) electrons. The molecule has 26 heavy (non-hydrogen) atoms. The molecule has 0 spiro atoms. The topological polar surface area (TPSA) is 70.5 Å². The number of nitrogens with zero attached hydrogens (tertiary/aromatic N) is 3. The number of aromatic nitrogens is 2. The highest BCUT2D eigenvalue weighted by Gasteiger charge is 2.28. The van der Waals surface area contributed by atoms with Gasteiger partial charge in [-0.1, -0.05) is 12.1 Å². The van der Waals surface area contributed by atoms with Crippen LogP contribution in [0.2, 0.25) is 0 Å². The summed E-state index contributed by atoms with van der Waals surface area (Å²) < 4.78 is 18.9. The van der Waals surface area contributed by atoms with Gasteiger partial charge in [-0.05, 0) is 30.5 Å². The molecule has 3 heterocycles. The van der Waals surface area contributed by atoms with Crippen LogP contribution in [0.3, 0.4) is 0 Å². The van der Waals surface area contributed by atoms with E-state index >= 15 is 0 Å². The molecule has 0 bridgehead atoms. The van der Waals surface area contributed by atoms with Crippen molar-refractivity contribution in [3.63, 3.8) is 0 Å². The second kappa shape index (κ2) is 7.17. The first kappa shape index (κ1) is 17.2. The largest absolute Gasteiger partial charge is 0.389 e. The molecular weight excluding hydrogens is 335 g/mol. The van der Waals surface area contributed by atoms with Crippen molar-refractivity contribution in [2.24, 2.45) is 0 Å². The Kier molecular flexibility index (Phi) is 4.74. The zero-order chi connectivity index (χ0) is 18.1. The number of hydrogen-bond acceptors (Lipinski definition) is 6. The molecule has 7 heteroatoms. The van der Waals surface area contributed by atoms with E-state index in [-0.39, 0.29) is 17.8 Å². The Morgan fingerprint density at radius 3 is 2.85 bits per heavy atom. The van der Waals surface area contributed by atoms with Crippen LogP contribution in [0.25, 0.3) is 0 Å². The maximum Gasteiger partial charge on any atom is 0.227 e. The number of benzene rings is 1. The quantitative estimate of drug-likeness (QED) is 0.854. The normalized spacial score (nSPS) is 20.3. The minimum Gasteiger partial charge on any atom is -0.389 e. The maximum atomic E-state index is 13.4. The third-order valence-corrected chi connectivity index (χ3v) is 4.92. The highest BCUT2D eigenvalue weighted by atomic mass is 19.1. The monoisotopic (exact) mass is 358 g/mol. The van der Waals surface area contributed by atoms with Gasteiger partial charge in [0, 0.05) is 38.2 Å². The molecule has 0 amide bonds. The zero-order valence-corrected chi connectivity index (χ0v) is 14.8. The van der Waals surface area contributed by atoms with Crippen molar-refractivity contribution in [3.05, 3.63) is 46.9 Å². The molecule has 138 valence electrons. The summed E-state index contributed by atoms with van der Waals surface area (Å²) in [4.78, 5) is 11.3. The number of nitrogens with one attached hydrogen (secondary N) is 1. The lowest BCUT2D eigenvalue weighted by Crippen LogP contribution is -2.51. The molecule has 2 aliphatic heterocycles. The molecule has 0 aliphatic carbocycles. The van der Waals surface area contributed by atoms with Crippen molar-refractivity contribution in [2.45, 2.75) is 31.9 Å². The first-order valence-corrected chi connectivity index (χ1v) is 8.97. The Balaban J connectivity index is 1.54. The van der Waals surface area contributed by atoms with E-state index in [9.17, 15) is 9.50 Å². The van der Waals surface area contributed by atoms with Gasteiger partial charge < -0.3 is 20.1 Å². The van der Waals surface area contributed by atoms with E-state index < -0.39 is 0 Å². The molecular formula is C19H23FN4O2. The van der Waals surface area contributed by atoms with Gasteiger partial charge in [0.05, 0.1) is 18.4 Å². The van der Waals surface area contributed by atoms with Gasteiger partial charge in [-0.15, -0.1) is 0 Å². The number of aliphatic hydroxyl groups is 1. The highest BCUT2D eigenvalue weighted by Crippen LogP contribution is 2.28. The smallest absolute Gasteiger partial charge is 0.227 e. The van der Waals surface area contributed by atoms with E-state index in [1.807, 2.05) is 17.0 Å². The highest BCUT2D eigenvalue weighted by molar-refractivity contribution is 5.47. The summed E-state index contributed by atoms with van der Waals surface area (Å²) in [6, 6.07) is 7.06. The molecule has 1 aromatic heterocycles. The first-order chi connectivity index (χ1) is 12.6. The molecule has 2 fully saturated rings. The third-order valence-electron chi connectivity index (χ3n) is 4.92. The molecule has 1 aromatic carbocycles. The van der Waals surface area contributed by atoms with Gasteiger partial charge in [0.1, 0.15) is 11.6 Å². The second-order valence-electron chi connectivity index (χ2n) is 7.03. The van der Waals surface area contributed by atoms with E-state index in [2.05, 4.69) is 15.3 Å². The fraction of sp³-hybridized carbons (Fsp3) is 0.474. The molecule has 0 unspecified atom stereocenters. The van der Waals surface area contributed by atoms with E-state index in [4.69, 9.17) is 4.74 Å². The van der Waals surface area contributed by atoms with Crippen molar-refractivity contribution in [1.82, 2.24) is 9.97 Å². The van der Waals surface area contributed by atoms with Gasteiger partial charge in [-0.2, -0.15) is 4.98 Å². The minimum absolute atomic E-state index is 0.196. The van der Waals surface area contributed by atoms with E-state index in [0.29, 0.717) is 37.8 Å². The van der Waals surface area contributed by atoms with E-state index in [1.54, 1.807) is 13.0 Å². The third kappa shape index (κ3) is 3.64. The van der Waals surface area contributed by atoms with Crippen LogP contribution >= 0.6 is 0 Å². The number of aliphatic hydroxyl groups excluding tert-OH is 1. The molecule has 2 N–H and O–H groups in total. The maximum absolute atomic E-state index is 13.4. The number of ether oxygens (including phenoxy) is 1. The molecule has 2 aromatic rings. The molecule has 4 rings (SSSR count). The van der Waals surface area contributed by atoms with Crippen molar-refractivity contribution in [3.8, 4) is 0 Å². The van der Waals surface area contributed by atoms with Gasteiger partial charge in [0.2, 0.25) is 5.95 Å². The van der Waals surface area contributed by atoms with Crippen LogP contribution in [0.15, 0.2) is 24.3 Å². The average molecular weight is 358 g/mol. The Labute approximate surface area is 152 Å². The van der Waals surface area contributed by atoms with Crippen LogP contribution in [-0.2, 0) is 11.3 Å². The number of halogens is 1. The lowest BCUT2D eigenvalue weighted by atomic mass is 10.0. The average Bonchev–Trinajstić information content (AvgIpc) is 3.14. The van der Waals surface area contributed by atoms with Crippen LogP contribution in [0, 0.1) is 12.7 Å². The second-order valence-corrected chi connectivity index (χ2v) is 7.03. The molecule has 2 saturated heterocycles. The van der Waals surface area contributed by atoms with Crippen LogP contribution < -0.4 is 10.2 Å². The summed E-state index contributed by atoms with van der Waals surface area (Å²) >= 11 is 0. The zero-order valence-electron chi connectivity index (χ0n) is 14.8. The van der Waals surface area contributed by atoms with Gasteiger partial charge >= 0.3 is 0 Å². The van der Waals surface area contributed by atoms with Gasteiger partial charge in [-0.25, -0.2) is 9.37 Å². The fourth-order valence-electron chi connectivity index (χ4n) is 3.29. The predicted molar refractivity (Wildman–Crippen MR) is 96.9 cm³/mol. The van der Waals surface area contributed by atoms with Crippen LogP contribution in [0.1, 0.15) is 29.2 Å². The van der Waals surface area contributed by atoms with Crippen molar-refractivity contribution < 1.29 is 14.2 Å². The minimum atomic E-state index is -0.310. The van der Waals surface area contributed by atoms with Gasteiger partial charge in [0.25, 0.3) is 0 Å². The van der Waals surface area contributed by atoms with Gasteiger partial charge in [-0.3, -0.25) is 0 Å². The number of rotatable bonds is 5. The van der Waals surface area contributed by atoms with Crippen LogP contribution in [0.4, 0.5) is 16.2 Å². The molecule has 6 nitrogen and oxygen atoms in total. The number of β-amino-alcohol motifs (C(OH)–C–C–N with tert-alkyl or cyclic N) is 1. The van der Waals surface area contributed by atoms with Crippen molar-refractivity contribution >= 4 is 11.8 Å². The summed E-state index contributed by atoms with van der Waals surface area (Å²) in [5.41, 5.74) is 2.59. The Morgan fingerprint density at radius 1 is 1.31 bits per heavy atom. The number of aryl methyl sites for hydroxylation is 1. The number of anilines is 2. The summed E-state index contributed by atoms with van der Waals surface area (Å²) in [6.07, 6.45) is 0.644. The van der Waals surface area contributed by atoms with Crippen molar-refractivity contribution in [1.29, 1.82) is 0 Å². The molecule has 1 atom stereocenters. The van der Waals surface area contributed by atoms with Crippen molar-refractivity contribution in [2.75, 3.05) is 36.5 Å². The Hall–Kier alpha value is -2.25. The van der Waals surface area contributed by atoms with E-state index in [1.165, 1.54) is 6.07 Å².